The van der Waals surface area contributed by atoms with Crippen LogP contribution in [-0.4, -0.2) is 44.3 Å². The Balaban J connectivity index is 1.80. The molecule has 2 amide bonds. The summed E-state index contributed by atoms with van der Waals surface area (Å²) in [7, 11) is -4.21. The van der Waals surface area contributed by atoms with E-state index >= 15 is 0 Å². The van der Waals surface area contributed by atoms with Gasteiger partial charge in [-0.1, -0.05) is 90.8 Å². The van der Waals surface area contributed by atoms with Gasteiger partial charge in [-0.05, 0) is 72.5 Å². The minimum absolute atomic E-state index is 0.0104. The fourth-order valence-corrected chi connectivity index (χ4v) is 6.53. The van der Waals surface area contributed by atoms with Gasteiger partial charge in [-0.3, -0.25) is 13.9 Å². The Morgan fingerprint density at radius 1 is 0.795 bits per heavy atom. The number of halogens is 2. The van der Waals surface area contributed by atoms with Gasteiger partial charge in [0.1, 0.15) is 12.6 Å². The van der Waals surface area contributed by atoms with E-state index < -0.39 is 28.5 Å². The van der Waals surface area contributed by atoms with Crippen molar-refractivity contribution in [1.29, 1.82) is 0 Å². The maximum atomic E-state index is 14.4. The van der Waals surface area contributed by atoms with Crippen molar-refractivity contribution in [3.05, 3.63) is 130 Å². The largest absolute Gasteiger partial charge is 0.354 e. The van der Waals surface area contributed by atoms with Crippen LogP contribution in [0.5, 0.6) is 0 Å². The molecule has 7 nitrogen and oxygen atoms in total. The predicted octanol–water partition coefficient (Wildman–Crippen LogP) is 6.66. The molecule has 1 atom stereocenters. The lowest BCUT2D eigenvalue weighted by molar-refractivity contribution is -0.140. The third-order valence-electron chi connectivity index (χ3n) is 7.15. The zero-order valence-corrected chi connectivity index (χ0v) is 26.9. The molecule has 0 saturated carbocycles. The van der Waals surface area contributed by atoms with Gasteiger partial charge in [0, 0.05) is 29.6 Å². The third kappa shape index (κ3) is 8.40. The standard InChI is InChI=1S/C34H35Cl2N3O4S/c1-3-21-37-34(41)32(22-26-10-5-4-6-11-26)38(23-27-13-15-28(35)16-14-27)33(40)24-39(31-12-8-7-9-25(31)2)44(42,43)30-19-17-29(36)18-20-30/h4-20,32H,3,21-24H2,1-2H3,(H,37,41). The van der Waals surface area contributed by atoms with E-state index in [0.717, 1.165) is 21.9 Å². The maximum absolute atomic E-state index is 14.4. The fourth-order valence-electron chi connectivity index (χ4n) is 4.80. The molecule has 0 saturated heterocycles. The highest BCUT2D eigenvalue weighted by Crippen LogP contribution is 2.28. The van der Waals surface area contributed by atoms with Crippen LogP contribution in [0.25, 0.3) is 0 Å². The van der Waals surface area contributed by atoms with Crippen LogP contribution in [-0.2, 0) is 32.6 Å². The van der Waals surface area contributed by atoms with Gasteiger partial charge in [0.15, 0.2) is 0 Å². The van der Waals surface area contributed by atoms with E-state index in [0.29, 0.717) is 27.8 Å². The topological polar surface area (TPSA) is 86.8 Å². The number of aryl methyl sites for hydroxylation is 1. The number of rotatable bonds is 13. The second-order valence-corrected chi connectivity index (χ2v) is 13.1. The van der Waals surface area contributed by atoms with E-state index in [-0.39, 0.29) is 23.8 Å². The van der Waals surface area contributed by atoms with Crippen LogP contribution >= 0.6 is 23.2 Å². The molecule has 0 heterocycles. The van der Waals surface area contributed by atoms with E-state index in [1.807, 2.05) is 37.3 Å². The Bertz CT molecular complexity index is 1670. The summed E-state index contributed by atoms with van der Waals surface area (Å²) in [5.74, 6) is -0.852. The van der Waals surface area contributed by atoms with E-state index in [1.165, 1.54) is 29.2 Å². The monoisotopic (exact) mass is 651 g/mol. The van der Waals surface area contributed by atoms with E-state index in [2.05, 4.69) is 5.32 Å². The summed E-state index contributed by atoms with van der Waals surface area (Å²) < 4.78 is 29.3. The van der Waals surface area contributed by atoms with Gasteiger partial charge in [0.2, 0.25) is 11.8 Å². The molecular weight excluding hydrogens is 617 g/mol. The van der Waals surface area contributed by atoms with Crippen LogP contribution in [0.3, 0.4) is 0 Å². The summed E-state index contributed by atoms with van der Waals surface area (Å²) in [6.45, 7) is 3.70. The van der Waals surface area contributed by atoms with Gasteiger partial charge in [-0.25, -0.2) is 8.42 Å². The van der Waals surface area contributed by atoms with Crippen molar-refractivity contribution in [1.82, 2.24) is 10.2 Å². The summed E-state index contributed by atoms with van der Waals surface area (Å²) in [5, 5.41) is 3.86. The fraction of sp³-hybridized carbons (Fsp3) is 0.235. The zero-order chi connectivity index (χ0) is 31.7. The first-order valence-electron chi connectivity index (χ1n) is 14.3. The van der Waals surface area contributed by atoms with Crippen molar-refractivity contribution in [2.24, 2.45) is 0 Å². The average molecular weight is 653 g/mol. The van der Waals surface area contributed by atoms with Crippen molar-refractivity contribution in [2.75, 3.05) is 17.4 Å². The van der Waals surface area contributed by atoms with E-state index in [4.69, 9.17) is 23.2 Å². The van der Waals surface area contributed by atoms with Crippen molar-refractivity contribution in [2.45, 2.75) is 44.2 Å². The van der Waals surface area contributed by atoms with Crippen LogP contribution in [0.1, 0.15) is 30.0 Å². The number of sulfonamides is 1. The summed E-state index contributed by atoms with van der Waals surface area (Å²) in [6.07, 6.45) is 0.958. The van der Waals surface area contributed by atoms with Crippen LogP contribution in [0.4, 0.5) is 5.69 Å². The minimum atomic E-state index is -4.21. The molecule has 4 aromatic rings. The van der Waals surface area contributed by atoms with Crippen molar-refractivity contribution in [3.63, 3.8) is 0 Å². The lowest BCUT2D eigenvalue weighted by Crippen LogP contribution is -2.53. The van der Waals surface area contributed by atoms with Gasteiger partial charge in [0.05, 0.1) is 10.6 Å². The minimum Gasteiger partial charge on any atom is -0.354 e. The molecule has 1 N–H and O–H groups in total. The normalized spacial score (nSPS) is 11.9. The predicted molar refractivity (Wildman–Crippen MR) is 176 cm³/mol. The summed E-state index contributed by atoms with van der Waals surface area (Å²) in [6, 6.07) is 28.3. The second-order valence-electron chi connectivity index (χ2n) is 10.4. The van der Waals surface area contributed by atoms with Gasteiger partial charge in [-0.2, -0.15) is 0 Å². The molecular formula is C34H35Cl2N3O4S. The van der Waals surface area contributed by atoms with Crippen LogP contribution in [0.15, 0.2) is 108 Å². The first kappa shape index (κ1) is 33.1. The zero-order valence-electron chi connectivity index (χ0n) is 24.6. The Kier molecular flexibility index (Phi) is 11.4. The Morgan fingerprint density at radius 2 is 1.39 bits per heavy atom. The van der Waals surface area contributed by atoms with Crippen LogP contribution in [0, 0.1) is 6.92 Å². The molecule has 0 aliphatic rings. The quantitative estimate of drug-likeness (QED) is 0.175. The highest BCUT2D eigenvalue weighted by molar-refractivity contribution is 7.92. The number of hydrogen-bond donors (Lipinski definition) is 1. The number of nitrogens with one attached hydrogen (secondary N) is 1. The Labute approximate surface area is 269 Å². The van der Waals surface area contributed by atoms with Gasteiger partial charge in [-0.15, -0.1) is 0 Å². The van der Waals surface area contributed by atoms with Crippen molar-refractivity contribution < 1.29 is 18.0 Å². The molecule has 4 rings (SSSR count). The molecule has 230 valence electrons. The highest BCUT2D eigenvalue weighted by atomic mass is 35.5. The molecule has 0 radical (unpaired) electrons. The van der Waals surface area contributed by atoms with E-state index in [1.54, 1.807) is 55.5 Å². The number of para-hydroxylation sites is 1. The van der Waals surface area contributed by atoms with Crippen LogP contribution in [0.2, 0.25) is 10.0 Å². The highest BCUT2D eigenvalue weighted by Gasteiger charge is 2.35. The molecule has 0 fully saturated rings. The molecule has 4 aromatic carbocycles. The lowest BCUT2D eigenvalue weighted by atomic mass is 10.0. The van der Waals surface area contributed by atoms with Crippen LogP contribution < -0.4 is 9.62 Å². The first-order valence-corrected chi connectivity index (χ1v) is 16.5. The van der Waals surface area contributed by atoms with Gasteiger partial charge in [0.25, 0.3) is 10.0 Å². The molecule has 0 aliphatic carbocycles. The number of carbonyl (C=O) groups is 2. The molecule has 44 heavy (non-hydrogen) atoms. The summed E-state index contributed by atoms with van der Waals surface area (Å²) in [5.41, 5.74) is 2.63. The molecule has 0 aromatic heterocycles. The number of nitrogens with zero attached hydrogens (tertiary/aromatic N) is 2. The number of amides is 2. The summed E-state index contributed by atoms with van der Waals surface area (Å²) in [4.78, 5) is 29.6. The molecule has 0 spiro atoms. The number of anilines is 1. The SMILES string of the molecule is CCCNC(=O)C(Cc1ccccc1)N(Cc1ccc(Cl)cc1)C(=O)CN(c1ccccc1C)S(=O)(=O)c1ccc(Cl)cc1. The Hall–Kier alpha value is -3.85. The molecule has 1 unspecified atom stereocenters. The number of benzene rings is 4. The molecule has 0 aliphatic heterocycles. The third-order valence-corrected chi connectivity index (χ3v) is 9.43. The smallest absolute Gasteiger partial charge is 0.264 e. The molecule has 0 bridgehead atoms. The average Bonchev–Trinajstić information content (AvgIpc) is 3.02. The number of carbonyl (C=O) groups excluding carboxylic acids is 2. The Morgan fingerprint density at radius 3 is 2.00 bits per heavy atom. The maximum Gasteiger partial charge on any atom is 0.264 e. The number of hydrogen-bond acceptors (Lipinski definition) is 4. The van der Waals surface area contributed by atoms with Gasteiger partial charge >= 0.3 is 0 Å². The summed E-state index contributed by atoms with van der Waals surface area (Å²) >= 11 is 12.2. The second kappa shape index (κ2) is 15.2. The first-order chi connectivity index (χ1) is 21.1. The van der Waals surface area contributed by atoms with Crippen molar-refractivity contribution >= 4 is 50.7 Å². The van der Waals surface area contributed by atoms with Gasteiger partial charge < -0.3 is 10.2 Å². The molecule has 10 heteroatoms. The lowest BCUT2D eigenvalue weighted by Gasteiger charge is -2.34. The van der Waals surface area contributed by atoms with Crippen molar-refractivity contribution in [3.8, 4) is 0 Å². The van der Waals surface area contributed by atoms with E-state index in [9.17, 15) is 18.0 Å².